The van der Waals surface area contributed by atoms with Crippen molar-refractivity contribution in [3.05, 3.63) is 21.9 Å². The van der Waals surface area contributed by atoms with E-state index in [4.69, 9.17) is 0 Å². The molecule has 1 atom stereocenters. The minimum Gasteiger partial charge on any atom is -0.349 e. The molecule has 1 heterocycles. The smallest absolute Gasteiger partial charge is 0.217 e. The third kappa shape index (κ3) is 1.57. The van der Waals surface area contributed by atoms with Gasteiger partial charge in [-0.3, -0.25) is 9.59 Å². The van der Waals surface area contributed by atoms with Crippen LogP contribution in [0.3, 0.4) is 0 Å². The summed E-state index contributed by atoms with van der Waals surface area (Å²) in [6.07, 6.45) is 1.26. The molecule has 0 unspecified atom stereocenters. The fourth-order valence-electron chi connectivity index (χ4n) is 1.76. The first-order valence-corrected chi connectivity index (χ1v) is 5.44. The number of amides is 1. The molecule has 0 radical (unpaired) electrons. The number of Topliss-reactive ketones (excluding diaryl/α,β-unsaturated/α-hetero) is 1. The van der Waals surface area contributed by atoms with Crippen LogP contribution < -0.4 is 5.32 Å². The fourth-order valence-corrected chi connectivity index (χ4v) is 2.69. The van der Waals surface area contributed by atoms with Gasteiger partial charge in [-0.1, -0.05) is 0 Å². The van der Waals surface area contributed by atoms with Crippen LogP contribution in [0, 0.1) is 0 Å². The highest BCUT2D eigenvalue weighted by molar-refractivity contribution is 7.12. The van der Waals surface area contributed by atoms with Crippen LogP contribution in [0.15, 0.2) is 11.4 Å². The van der Waals surface area contributed by atoms with Gasteiger partial charge >= 0.3 is 0 Å². The lowest BCUT2D eigenvalue weighted by Crippen LogP contribution is -2.29. The second kappa shape index (κ2) is 3.53. The van der Waals surface area contributed by atoms with Crippen LogP contribution in [-0.4, -0.2) is 11.7 Å². The maximum Gasteiger partial charge on any atom is 0.217 e. The normalized spacial score (nSPS) is 20.4. The molecule has 3 nitrogen and oxygen atoms in total. The summed E-state index contributed by atoms with van der Waals surface area (Å²) >= 11 is 1.46. The number of hydrogen-bond donors (Lipinski definition) is 1. The molecule has 1 aromatic heterocycles. The summed E-state index contributed by atoms with van der Waals surface area (Å²) in [6, 6.07) is 1.96. The molecule has 0 fully saturated rings. The summed E-state index contributed by atoms with van der Waals surface area (Å²) < 4.78 is 0. The van der Waals surface area contributed by atoms with E-state index in [1.54, 1.807) is 0 Å². The van der Waals surface area contributed by atoms with Gasteiger partial charge in [0.15, 0.2) is 5.78 Å². The number of ketones is 1. The third-order valence-corrected chi connectivity index (χ3v) is 3.33. The van der Waals surface area contributed by atoms with Gasteiger partial charge < -0.3 is 5.32 Å². The zero-order valence-corrected chi connectivity index (χ0v) is 8.69. The highest BCUT2D eigenvalue weighted by atomic mass is 32.1. The van der Waals surface area contributed by atoms with Crippen molar-refractivity contribution in [2.75, 3.05) is 0 Å². The molecule has 1 amide bonds. The topological polar surface area (TPSA) is 46.2 Å². The molecule has 1 N–H and O–H groups in total. The van der Waals surface area contributed by atoms with Crippen LogP contribution in [0.4, 0.5) is 0 Å². The monoisotopic (exact) mass is 209 g/mol. The highest BCUT2D eigenvalue weighted by Gasteiger charge is 2.26. The highest BCUT2D eigenvalue weighted by Crippen LogP contribution is 2.33. The van der Waals surface area contributed by atoms with Crippen LogP contribution in [0.5, 0.6) is 0 Å². The SMILES string of the molecule is CC(=O)N[C@@H]1CCC(=O)c2sccc21. The fraction of sp³-hybridized carbons (Fsp3) is 0.400. The third-order valence-electron chi connectivity index (χ3n) is 2.36. The molecule has 1 aliphatic carbocycles. The van der Waals surface area contributed by atoms with Crippen molar-refractivity contribution in [3.63, 3.8) is 0 Å². The standard InChI is InChI=1S/C10H11NO2S/c1-6(12)11-8-2-3-9(13)10-7(8)4-5-14-10/h4-5,8H,2-3H2,1H3,(H,11,12)/t8-/m1/s1. The number of rotatable bonds is 1. The number of carbonyl (C=O) groups is 2. The minimum absolute atomic E-state index is 0.0337. The van der Waals surface area contributed by atoms with Crippen molar-refractivity contribution in [1.29, 1.82) is 0 Å². The molecular weight excluding hydrogens is 198 g/mol. The Hall–Kier alpha value is -1.16. The summed E-state index contributed by atoms with van der Waals surface area (Å²) in [6.45, 7) is 1.50. The molecule has 0 aliphatic heterocycles. The summed E-state index contributed by atoms with van der Waals surface area (Å²) in [5.74, 6) is 0.165. The quantitative estimate of drug-likeness (QED) is 0.767. The Labute approximate surface area is 86.1 Å². The van der Waals surface area contributed by atoms with Crippen LogP contribution >= 0.6 is 11.3 Å². The van der Waals surface area contributed by atoms with Crippen LogP contribution in [0.25, 0.3) is 0 Å². The Balaban J connectivity index is 2.29. The minimum atomic E-state index is -0.0403. The van der Waals surface area contributed by atoms with E-state index in [9.17, 15) is 9.59 Å². The zero-order chi connectivity index (χ0) is 10.1. The summed E-state index contributed by atoms with van der Waals surface area (Å²) in [4.78, 5) is 23.2. The van der Waals surface area contributed by atoms with Gasteiger partial charge in [0.2, 0.25) is 5.91 Å². The van der Waals surface area contributed by atoms with E-state index in [0.717, 1.165) is 16.9 Å². The van der Waals surface area contributed by atoms with Crippen molar-refractivity contribution in [2.45, 2.75) is 25.8 Å². The predicted octanol–water partition coefficient (Wildman–Crippen LogP) is 1.90. The van der Waals surface area contributed by atoms with Gasteiger partial charge in [-0.25, -0.2) is 0 Å². The average Bonchev–Trinajstić information content (AvgIpc) is 2.58. The number of thiophene rings is 1. The Bertz CT molecular complexity index is 383. The van der Waals surface area contributed by atoms with Gasteiger partial charge in [0.05, 0.1) is 10.9 Å². The molecule has 74 valence electrons. The molecule has 0 bridgehead atoms. The molecule has 0 spiro atoms. The molecule has 0 saturated carbocycles. The lowest BCUT2D eigenvalue weighted by molar-refractivity contribution is -0.119. The maximum absolute atomic E-state index is 11.5. The number of nitrogens with one attached hydrogen (secondary N) is 1. The lowest BCUT2D eigenvalue weighted by Gasteiger charge is -2.22. The van der Waals surface area contributed by atoms with Gasteiger partial charge in [0, 0.05) is 13.3 Å². The first kappa shape index (κ1) is 9.40. The molecule has 1 aliphatic rings. The van der Waals surface area contributed by atoms with Crippen LogP contribution in [0.2, 0.25) is 0 Å². The van der Waals surface area contributed by atoms with Gasteiger partial charge in [-0.15, -0.1) is 11.3 Å². The number of carbonyl (C=O) groups excluding carboxylic acids is 2. The van der Waals surface area contributed by atoms with Crippen LogP contribution in [-0.2, 0) is 4.79 Å². The second-order valence-corrected chi connectivity index (χ2v) is 4.34. The average molecular weight is 209 g/mol. The zero-order valence-electron chi connectivity index (χ0n) is 7.87. The van der Waals surface area contributed by atoms with Crippen molar-refractivity contribution in [2.24, 2.45) is 0 Å². The van der Waals surface area contributed by atoms with E-state index in [1.165, 1.54) is 18.3 Å². The van der Waals surface area contributed by atoms with Gasteiger partial charge in [0.1, 0.15) is 0 Å². The summed E-state index contributed by atoms with van der Waals surface area (Å²) in [5, 5.41) is 4.77. The van der Waals surface area contributed by atoms with Crippen molar-refractivity contribution in [3.8, 4) is 0 Å². The summed E-state index contributed by atoms with van der Waals surface area (Å²) in [5.41, 5.74) is 0.987. The molecule has 0 aromatic carbocycles. The van der Waals surface area contributed by atoms with Crippen molar-refractivity contribution >= 4 is 23.0 Å². The lowest BCUT2D eigenvalue weighted by atomic mass is 9.93. The molecule has 14 heavy (non-hydrogen) atoms. The van der Waals surface area contributed by atoms with Gasteiger partial charge in [-0.2, -0.15) is 0 Å². The molecular formula is C10H11NO2S. The van der Waals surface area contributed by atoms with Crippen LogP contribution in [0.1, 0.15) is 41.0 Å². The Morgan fingerprint density at radius 2 is 2.43 bits per heavy atom. The number of hydrogen-bond acceptors (Lipinski definition) is 3. The largest absolute Gasteiger partial charge is 0.349 e. The number of fused-ring (bicyclic) bond motifs is 1. The van der Waals surface area contributed by atoms with Gasteiger partial charge in [-0.05, 0) is 23.4 Å². The molecule has 0 saturated heterocycles. The predicted molar refractivity (Wildman–Crippen MR) is 54.4 cm³/mol. The van der Waals surface area contributed by atoms with E-state index in [-0.39, 0.29) is 17.7 Å². The second-order valence-electron chi connectivity index (χ2n) is 3.42. The Morgan fingerprint density at radius 1 is 1.64 bits per heavy atom. The van der Waals surface area contributed by atoms with Crippen molar-refractivity contribution in [1.82, 2.24) is 5.32 Å². The van der Waals surface area contributed by atoms with Gasteiger partial charge in [0.25, 0.3) is 0 Å². The van der Waals surface area contributed by atoms with E-state index >= 15 is 0 Å². The Morgan fingerprint density at radius 3 is 3.14 bits per heavy atom. The molecule has 1 aromatic rings. The Kier molecular flexibility index (Phi) is 2.37. The van der Waals surface area contributed by atoms with Crippen molar-refractivity contribution < 1.29 is 9.59 Å². The van der Waals surface area contributed by atoms with E-state index in [0.29, 0.717) is 6.42 Å². The summed E-state index contributed by atoms with van der Waals surface area (Å²) in [7, 11) is 0. The maximum atomic E-state index is 11.5. The first-order chi connectivity index (χ1) is 6.68. The molecule has 4 heteroatoms. The van der Waals surface area contributed by atoms with E-state index in [2.05, 4.69) is 5.32 Å². The van der Waals surface area contributed by atoms with E-state index < -0.39 is 0 Å². The molecule has 2 rings (SSSR count). The first-order valence-electron chi connectivity index (χ1n) is 4.56. The van der Waals surface area contributed by atoms with E-state index in [1.807, 2.05) is 11.4 Å².